The number of methoxy groups -OCH3 is 4. The van der Waals surface area contributed by atoms with Crippen molar-refractivity contribution in [2.24, 2.45) is 0 Å². The minimum absolute atomic E-state index is 0.0502. The molecule has 6 nitrogen and oxygen atoms in total. The molecule has 0 saturated carbocycles. The molecule has 1 fully saturated rings. The van der Waals surface area contributed by atoms with Gasteiger partial charge in [-0.3, -0.25) is 9.69 Å². The van der Waals surface area contributed by atoms with Crippen LogP contribution >= 0.6 is 0 Å². The summed E-state index contributed by atoms with van der Waals surface area (Å²) in [6.07, 6.45) is 3.85. The molecule has 1 aliphatic rings. The average molecular weight is 424 g/mol. The lowest BCUT2D eigenvalue weighted by molar-refractivity contribution is -0.113. The summed E-state index contributed by atoms with van der Waals surface area (Å²) in [4.78, 5) is 15.5. The van der Waals surface area contributed by atoms with Crippen molar-refractivity contribution < 1.29 is 23.7 Å². The van der Waals surface area contributed by atoms with Gasteiger partial charge in [-0.2, -0.15) is 0 Å². The van der Waals surface area contributed by atoms with Crippen LogP contribution < -0.4 is 18.9 Å². The van der Waals surface area contributed by atoms with Crippen molar-refractivity contribution in [1.29, 1.82) is 0 Å². The number of hydrogen-bond donors (Lipinski definition) is 0. The fourth-order valence-corrected chi connectivity index (χ4v) is 3.62. The second-order valence-electron chi connectivity index (χ2n) is 7.20. The van der Waals surface area contributed by atoms with Crippen LogP contribution in [0.1, 0.15) is 18.1 Å². The van der Waals surface area contributed by atoms with Gasteiger partial charge >= 0.3 is 0 Å². The molecule has 3 rings (SSSR count). The van der Waals surface area contributed by atoms with Crippen molar-refractivity contribution in [1.82, 2.24) is 4.90 Å². The number of carbonyl (C=O) groups excluding carboxylic acids is 1. The second kappa shape index (κ2) is 10.2. The van der Waals surface area contributed by atoms with Gasteiger partial charge in [0.1, 0.15) is 0 Å². The van der Waals surface area contributed by atoms with Crippen LogP contribution in [-0.4, -0.2) is 58.8 Å². The highest BCUT2D eigenvalue weighted by Gasteiger charge is 2.25. The van der Waals surface area contributed by atoms with E-state index in [1.54, 1.807) is 28.4 Å². The molecule has 2 aromatic carbocycles. The van der Waals surface area contributed by atoms with E-state index in [0.717, 1.165) is 28.8 Å². The third kappa shape index (κ3) is 5.09. The van der Waals surface area contributed by atoms with Gasteiger partial charge in [0.15, 0.2) is 28.8 Å². The lowest BCUT2D eigenvalue weighted by Gasteiger charge is -2.28. The molecule has 0 atom stereocenters. The van der Waals surface area contributed by atoms with E-state index in [0.29, 0.717) is 36.1 Å². The molecule has 164 valence electrons. The first-order chi connectivity index (χ1) is 15.0. The first-order valence-corrected chi connectivity index (χ1v) is 10.1. The Morgan fingerprint density at radius 2 is 1.16 bits per heavy atom. The Labute approximate surface area is 183 Å². The average Bonchev–Trinajstić information content (AvgIpc) is 2.81. The molecule has 1 aliphatic heterocycles. The zero-order chi connectivity index (χ0) is 22.4. The minimum Gasteiger partial charge on any atom is -0.493 e. The largest absolute Gasteiger partial charge is 0.493 e. The number of hydrogen-bond acceptors (Lipinski definition) is 6. The van der Waals surface area contributed by atoms with E-state index in [9.17, 15) is 4.79 Å². The predicted octanol–water partition coefficient (Wildman–Crippen LogP) is 4.09. The Morgan fingerprint density at radius 3 is 1.52 bits per heavy atom. The van der Waals surface area contributed by atoms with E-state index >= 15 is 0 Å². The molecular formula is C25H29NO5. The summed E-state index contributed by atoms with van der Waals surface area (Å²) in [5, 5.41) is 0. The number of likely N-dealkylation sites (tertiary alicyclic amines) is 1. The van der Waals surface area contributed by atoms with E-state index in [1.807, 2.05) is 48.6 Å². The summed E-state index contributed by atoms with van der Waals surface area (Å²) in [6.45, 7) is 4.15. The highest BCUT2D eigenvalue weighted by molar-refractivity contribution is 6.14. The summed E-state index contributed by atoms with van der Waals surface area (Å²) < 4.78 is 21.4. The number of piperidine rings is 1. The van der Waals surface area contributed by atoms with Crippen molar-refractivity contribution >= 4 is 17.9 Å². The van der Waals surface area contributed by atoms with E-state index < -0.39 is 0 Å². The van der Waals surface area contributed by atoms with E-state index in [-0.39, 0.29) is 5.78 Å². The van der Waals surface area contributed by atoms with Crippen LogP contribution in [0.15, 0.2) is 47.5 Å². The highest BCUT2D eigenvalue weighted by Crippen LogP contribution is 2.31. The molecule has 0 radical (unpaired) electrons. The number of Topliss-reactive ketones (excluding diaryl/α,β-unsaturated/α-hetero) is 1. The fraction of sp³-hybridized carbons (Fsp3) is 0.320. The standard InChI is InChI=1S/C25H29NO5/c1-6-26-15-19(11-17-7-9-21(28-2)23(13-17)30-4)25(27)20(16-26)12-18-8-10-22(29-3)24(14-18)31-5/h7-14H,6,15-16H2,1-5H3/b19-11-,20-12+. The van der Waals surface area contributed by atoms with Crippen molar-refractivity contribution in [3.8, 4) is 23.0 Å². The zero-order valence-electron chi connectivity index (χ0n) is 18.7. The molecule has 0 N–H and O–H groups in total. The SMILES string of the molecule is CCN1C/C(=C/c2ccc(OC)c(OC)c2)C(=O)/C(=C/c2ccc(OC)c(OC)c2)C1. The fourth-order valence-electron chi connectivity index (χ4n) is 3.62. The van der Waals surface area contributed by atoms with E-state index in [2.05, 4.69) is 11.8 Å². The quantitative estimate of drug-likeness (QED) is 0.625. The van der Waals surface area contributed by atoms with Crippen LogP contribution in [0.5, 0.6) is 23.0 Å². The zero-order valence-corrected chi connectivity index (χ0v) is 18.7. The third-order valence-electron chi connectivity index (χ3n) is 5.32. The molecule has 0 aliphatic carbocycles. The molecule has 1 heterocycles. The molecule has 0 bridgehead atoms. The summed E-state index contributed by atoms with van der Waals surface area (Å²) in [6, 6.07) is 11.3. The van der Waals surface area contributed by atoms with Gasteiger partial charge in [0.05, 0.1) is 28.4 Å². The van der Waals surface area contributed by atoms with Gasteiger partial charge in [-0.05, 0) is 54.1 Å². The number of rotatable bonds is 7. The molecule has 0 amide bonds. The Balaban J connectivity index is 1.96. The van der Waals surface area contributed by atoms with Crippen molar-refractivity contribution in [3.05, 3.63) is 58.7 Å². The van der Waals surface area contributed by atoms with Crippen LogP contribution in [-0.2, 0) is 4.79 Å². The number of benzene rings is 2. The smallest absolute Gasteiger partial charge is 0.187 e. The normalized spacial score (nSPS) is 17.1. The number of nitrogens with zero attached hydrogens (tertiary/aromatic N) is 1. The number of likely N-dealkylation sites (N-methyl/N-ethyl adjacent to an activating group) is 1. The summed E-state index contributed by atoms with van der Waals surface area (Å²) in [5.74, 6) is 2.63. The monoisotopic (exact) mass is 423 g/mol. The van der Waals surface area contributed by atoms with Crippen molar-refractivity contribution in [2.75, 3.05) is 48.1 Å². The summed E-state index contributed by atoms with van der Waals surface area (Å²) in [5.41, 5.74) is 3.27. The lowest BCUT2D eigenvalue weighted by atomic mass is 9.94. The summed E-state index contributed by atoms with van der Waals surface area (Å²) in [7, 11) is 6.41. The molecule has 0 spiro atoms. The molecule has 1 saturated heterocycles. The lowest BCUT2D eigenvalue weighted by Crippen LogP contribution is -2.37. The molecule has 2 aromatic rings. The molecular weight excluding hydrogens is 394 g/mol. The van der Waals surface area contributed by atoms with E-state index in [1.165, 1.54) is 0 Å². The molecule has 0 aromatic heterocycles. The number of ketones is 1. The molecule has 31 heavy (non-hydrogen) atoms. The maximum Gasteiger partial charge on any atom is 0.187 e. The van der Waals surface area contributed by atoms with Gasteiger partial charge in [-0.15, -0.1) is 0 Å². The first-order valence-electron chi connectivity index (χ1n) is 10.1. The van der Waals surface area contributed by atoms with Gasteiger partial charge in [0.2, 0.25) is 0 Å². The van der Waals surface area contributed by atoms with Crippen molar-refractivity contribution in [2.45, 2.75) is 6.92 Å². The Bertz CT molecular complexity index is 931. The van der Waals surface area contributed by atoms with Crippen LogP contribution in [0.2, 0.25) is 0 Å². The van der Waals surface area contributed by atoms with Crippen LogP contribution in [0.25, 0.3) is 12.2 Å². The van der Waals surface area contributed by atoms with Gasteiger partial charge < -0.3 is 18.9 Å². The molecule has 0 unspecified atom stereocenters. The second-order valence-corrected chi connectivity index (χ2v) is 7.20. The predicted molar refractivity (Wildman–Crippen MR) is 122 cm³/mol. The van der Waals surface area contributed by atoms with E-state index in [4.69, 9.17) is 18.9 Å². The van der Waals surface area contributed by atoms with Crippen LogP contribution in [0.3, 0.4) is 0 Å². The highest BCUT2D eigenvalue weighted by atomic mass is 16.5. The maximum absolute atomic E-state index is 13.3. The third-order valence-corrected chi connectivity index (χ3v) is 5.32. The topological polar surface area (TPSA) is 57.2 Å². The number of ether oxygens (including phenoxy) is 4. The maximum atomic E-state index is 13.3. The van der Waals surface area contributed by atoms with Crippen LogP contribution in [0.4, 0.5) is 0 Å². The Morgan fingerprint density at radius 1 is 0.742 bits per heavy atom. The molecule has 6 heteroatoms. The van der Waals surface area contributed by atoms with Gasteiger partial charge in [-0.25, -0.2) is 0 Å². The Kier molecular flexibility index (Phi) is 7.36. The van der Waals surface area contributed by atoms with Gasteiger partial charge in [0, 0.05) is 24.2 Å². The van der Waals surface area contributed by atoms with Crippen LogP contribution in [0, 0.1) is 0 Å². The minimum atomic E-state index is 0.0502. The van der Waals surface area contributed by atoms with Gasteiger partial charge in [-0.1, -0.05) is 19.1 Å². The first kappa shape index (κ1) is 22.4. The van der Waals surface area contributed by atoms with Gasteiger partial charge in [0.25, 0.3) is 0 Å². The Hall–Kier alpha value is -3.25. The number of carbonyl (C=O) groups is 1. The summed E-state index contributed by atoms with van der Waals surface area (Å²) >= 11 is 0. The van der Waals surface area contributed by atoms with Crippen molar-refractivity contribution in [3.63, 3.8) is 0 Å².